The van der Waals surface area contributed by atoms with Crippen LogP contribution in [0.4, 0.5) is 11.4 Å². The minimum absolute atomic E-state index is 0.00967. The van der Waals surface area contributed by atoms with Crippen molar-refractivity contribution in [1.82, 2.24) is 15.7 Å². The van der Waals surface area contributed by atoms with Crippen LogP contribution in [0.3, 0.4) is 0 Å². The second-order valence-corrected chi connectivity index (χ2v) is 26.2. The Bertz CT molecular complexity index is 3690. The number of allylic oxidation sites excluding steroid dienone is 7. The van der Waals surface area contributed by atoms with Gasteiger partial charge in [-0.25, -0.2) is 18.3 Å². The molecule has 1 aliphatic carbocycles. The SMILES string of the molecule is CNC(=O)CCC1(C)C(/C=C/C2=C(Oc3ccc(S(=O)(=O)O)cc3)C(=C/C=C3/N(OCCOCCOCCOCCCCC(=O)ON4C(=O)CCC4=O)c4c(C)cc(S(=O)(=O)O)cc4C3(C)CCC(=O)NC)/CCC2)=[N+](C)c2c(C)cc(S(=O)(=O)[O-])cc21. The molecule has 2 unspecified atom stereocenters. The lowest BCUT2D eigenvalue weighted by Gasteiger charge is -2.30. The van der Waals surface area contributed by atoms with Crippen molar-refractivity contribution in [3.05, 3.63) is 118 Å². The highest BCUT2D eigenvalue weighted by Crippen LogP contribution is 2.53. The third-order valence-electron chi connectivity index (χ3n) is 15.8. The highest BCUT2D eigenvalue weighted by molar-refractivity contribution is 7.86. The van der Waals surface area contributed by atoms with E-state index in [9.17, 15) is 62.9 Å². The number of anilines is 1. The fourth-order valence-electron chi connectivity index (χ4n) is 11.2. The van der Waals surface area contributed by atoms with E-state index >= 15 is 0 Å². The van der Waals surface area contributed by atoms with Crippen LogP contribution in [0, 0.1) is 13.8 Å². The molecule has 3 aromatic carbocycles. The molecular weight excluding hydrogens is 1210 g/mol. The van der Waals surface area contributed by atoms with Crippen LogP contribution in [-0.4, -0.2) is 151 Å². The number of amides is 4. The van der Waals surface area contributed by atoms with Crippen LogP contribution in [0.25, 0.3) is 0 Å². The summed E-state index contributed by atoms with van der Waals surface area (Å²) in [5.41, 5.74) is 3.32. The van der Waals surface area contributed by atoms with Gasteiger partial charge < -0.3 is 39.0 Å². The van der Waals surface area contributed by atoms with E-state index in [1.165, 1.54) is 62.6 Å². The Labute approximate surface area is 512 Å². The van der Waals surface area contributed by atoms with Gasteiger partial charge in [0.25, 0.3) is 32.1 Å². The lowest BCUT2D eigenvalue weighted by atomic mass is 9.75. The van der Waals surface area contributed by atoms with E-state index in [0.717, 1.165) is 0 Å². The highest BCUT2D eigenvalue weighted by Gasteiger charge is 2.49. The molecule has 4 amide bonds. The van der Waals surface area contributed by atoms with Crippen molar-refractivity contribution >= 4 is 77.0 Å². The molecule has 1 fully saturated rings. The fourth-order valence-corrected chi connectivity index (χ4v) is 12.8. The number of hydrogen-bond donors (Lipinski definition) is 4. The number of imide groups is 1. The van der Waals surface area contributed by atoms with Gasteiger partial charge in [0.15, 0.2) is 5.71 Å². The zero-order valence-corrected chi connectivity index (χ0v) is 52.6. The Kier molecular flexibility index (Phi) is 22.7. The Hall–Kier alpha value is -6.99. The van der Waals surface area contributed by atoms with Crippen LogP contribution in [0.2, 0.25) is 0 Å². The summed E-state index contributed by atoms with van der Waals surface area (Å²) in [7, 11) is -9.38. The van der Waals surface area contributed by atoms with Crippen LogP contribution in [0.15, 0.2) is 110 Å². The van der Waals surface area contributed by atoms with Gasteiger partial charge in [-0.15, -0.1) is 5.06 Å². The molecular formula is C60H75N5O20S3. The number of unbranched alkanes of at least 4 members (excludes halogenated alkanes) is 1. The van der Waals surface area contributed by atoms with E-state index in [2.05, 4.69) is 10.6 Å². The molecule has 0 spiro atoms. The first-order chi connectivity index (χ1) is 41.5. The Morgan fingerprint density at radius 3 is 1.83 bits per heavy atom. The number of nitrogens with one attached hydrogen (secondary N) is 2. The van der Waals surface area contributed by atoms with Crippen LogP contribution in [-0.2, 0) is 89.0 Å². The minimum atomic E-state index is -4.88. The lowest BCUT2D eigenvalue weighted by Crippen LogP contribution is -2.33. The number of rotatable bonds is 30. The minimum Gasteiger partial charge on any atom is -0.744 e. The maximum Gasteiger partial charge on any atom is 0.333 e. The van der Waals surface area contributed by atoms with E-state index in [1.54, 1.807) is 25.0 Å². The number of hydroxylamine groups is 3. The third kappa shape index (κ3) is 16.4. The highest BCUT2D eigenvalue weighted by atomic mass is 32.2. The van der Waals surface area contributed by atoms with E-state index in [-0.39, 0.29) is 112 Å². The van der Waals surface area contributed by atoms with Gasteiger partial charge in [0.05, 0.1) is 71.1 Å². The fraction of sp³-hybridized carbons (Fsp3) is 0.467. The number of nitrogens with zero attached hydrogens (tertiary/aromatic N) is 3. The van der Waals surface area contributed by atoms with Gasteiger partial charge in [0.1, 0.15) is 28.7 Å². The Balaban J connectivity index is 1.17. The van der Waals surface area contributed by atoms with E-state index < -0.39 is 63.9 Å². The normalized spacial score (nSPS) is 19.8. The quantitative estimate of drug-likeness (QED) is 0.0251. The van der Waals surface area contributed by atoms with Gasteiger partial charge in [-0.05, 0) is 156 Å². The molecule has 3 heterocycles. The smallest absolute Gasteiger partial charge is 0.333 e. The summed E-state index contributed by atoms with van der Waals surface area (Å²) in [6, 6.07) is 10.5. The summed E-state index contributed by atoms with van der Waals surface area (Å²) in [6.07, 6.45) is 10.2. The van der Waals surface area contributed by atoms with Crippen LogP contribution >= 0.6 is 0 Å². The van der Waals surface area contributed by atoms with Crippen molar-refractivity contribution in [2.75, 3.05) is 72.5 Å². The van der Waals surface area contributed by atoms with E-state index in [1.807, 2.05) is 43.7 Å². The van der Waals surface area contributed by atoms with Gasteiger partial charge in [-0.3, -0.25) is 33.1 Å². The Morgan fingerprint density at radius 1 is 0.670 bits per heavy atom. The van der Waals surface area contributed by atoms with Crippen LogP contribution in [0.5, 0.6) is 5.75 Å². The van der Waals surface area contributed by atoms with Crippen LogP contribution < -0.4 is 20.4 Å². The molecule has 0 aromatic heterocycles. The molecule has 0 radical (unpaired) electrons. The molecule has 88 heavy (non-hydrogen) atoms. The zero-order valence-electron chi connectivity index (χ0n) is 50.2. The first-order valence-electron chi connectivity index (χ1n) is 28.6. The van der Waals surface area contributed by atoms with Crippen LogP contribution in [0.1, 0.15) is 113 Å². The predicted molar refractivity (Wildman–Crippen MR) is 317 cm³/mol. The molecule has 478 valence electrons. The summed E-state index contributed by atoms with van der Waals surface area (Å²) in [4.78, 5) is 71.5. The summed E-state index contributed by atoms with van der Waals surface area (Å²) in [6.45, 7) is 8.35. The van der Waals surface area contributed by atoms with Gasteiger partial charge in [0, 0.05) is 75.4 Å². The maximum atomic E-state index is 13.0. The number of hydrogen-bond acceptors (Lipinski definition) is 19. The first-order valence-corrected chi connectivity index (χ1v) is 32.9. The number of ether oxygens (including phenoxy) is 4. The molecule has 7 rings (SSSR count). The molecule has 3 aliphatic heterocycles. The number of aryl methyl sites for hydroxylation is 2. The number of carbonyl (C=O) groups excluding carboxylic acids is 5. The number of benzene rings is 3. The van der Waals surface area contributed by atoms with Crippen molar-refractivity contribution in [3.63, 3.8) is 0 Å². The molecule has 4 aliphatic rings. The molecule has 25 nitrogen and oxygen atoms in total. The average molecular weight is 1280 g/mol. The molecule has 1 saturated heterocycles. The topological polar surface area (TPSA) is 340 Å². The second-order valence-electron chi connectivity index (χ2n) is 22.0. The first kappa shape index (κ1) is 68.5. The van der Waals surface area contributed by atoms with Crippen molar-refractivity contribution in [2.24, 2.45) is 0 Å². The summed E-state index contributed by atoms with van der Waals surface area (Å²) in [5, 5.41) is 7.36. The van der Waals surface area contributed by atoms with Gasteiger partial charge in [-0.1, -0.05) is 6.08 Å². The van der Waals surface area contributed by atoms with Gasteiger partial charge in [0.2, 0.25) is 17.5 Å². The number of fused-ring (bicyclic) bond motifs is 2. The average Bonchev–Trinajstić information content (AvgIpc) is 1.60. The standard InChI is InChI=1S/C60H75N5O20S3/c1-39-35-45(87(74,75)76)37-47-56(39)63(7)49(59(47,3)26-24-51(66)61-5)20-14-41-11-10-12-42(58(41)84-43-16-18-44(19-17-43)86(71,72)73)15-21-50-60(4,27-25-52(67)62-6)48-38-46(88(77,78)79)36-40(2)57(48)64(50)83-34-33-82-32-31-81-30-29-80-28-9-8-13-55(70)85-65-53(68)22-23-54(65)69/h14-21,35-38H,8-13,22-34H2,1-7H3,(H4-,61,62,66,67,71,72,73,74,75,76,77,78,79). The zero-order chi connectivity index (χ0) is 64.4. The number of carbonyl (C=O) groups is 5. The van der Waals surface area contributed by atoms with E-state index in [4.69, 9.17) is 28.6 Å². The van der Waals surface area contributed by atoms with Gasteiger partial charge >= 0.3 is 5.97 Å². The molecule has 0 saturated carbocycles. The van der Waals surface area contributed by atoms with Crippen molar-refractivity contribution in [2.45, 2.75) is 130 Å². The largest absolute Gasteiger partial charge is 0.744 e. The molecule has 0 bridgehead atoms. The predicted octanol–water partition coefficient (Wildman–Crippen LogP) is 6.16. The summed E-state index contributed by atoms with van der Waals surface area (Å²) < 4.78 is 133. The third-order valence-corrected chi connectivity index (χ3v) is 18.4. The molecule has 4 N–H and O–H groups in total. The van der Waals surface area contributed by atoms with Crippen molar-refractivity contribution < 1.29 is 96.1 Å². The van der Waals surface area contributed by atoms with Gasteiger partial charge in [-0.2, -0.15) is 21.4 Å². The lowest BCUT2D eigenvalue weighted by molar-refractivity contribution is -0.402. The molecule has 2 atom stereocenters. The maximum absolute atomic E-state index is 13.0. The summed E-state index contributed by atoms with van der Waals surface area (Å²) in [5.74, 6) is -1.76. The second kappa shape index (κ2) is 29.1. The van der Waals surface area contributed by atoms with E-state index in [0.29, 0.717) is 106 Å². The monoisotopic (exact) mass is 1280 g/mol. The molecule has 28 heteroatoms. The Morgan fingerprint density at radius 2 is 1.24 bits per heavy atom. The molecule has 3 aromatic rings. The van der Waals surface area contributed by atoms with Crippen molar-refractivity contribution in [3.8, 4) is 5.75 Å². The summed E-state index contributed by atoms with van der Waals surface area (Å²) >= 11 is 0. The van der Waals surface area contributed by atoms with Crippen molar-refractivity contribution in [1.29, 1.82) is 0 Å².